The van der Waals surface area contributed by atoms with Crippen LogP contribution in [0.25, 0.3) is 0 Å². The van der Waals surface area contributed by atoms with Gasteiger partial charge < -0.3 is 10.5 Å². The molecule has 2 N–H and O–H groups in total. The SMILES string of the molecule is Cc1cc(Cl)cc2c1OCC[C@@H]2N. The van der Waals surface area contributed by atoms with Crippen molar-refractivity contribution in [2.45, 2.75) is 19.4 Å². The number of ether oxygens (including phenoxy) is 1. The van der Waals surface area contributed by atoms with Crippen molar-refractivity contribution in [3.05, 3.63) is 28.3 Å². The lowest BCUT2D eigenvalue weighted by molar-refractivity contribution is 0.267. The molecule has 0 radical (unpaired) electrons. The van der Waals surface area contributed by atoms with E-state index in [2.05, 4.69) is 0 Å². The molecule has 0 bridgehead atoms. The van der Waals surface area contributed by atoms with Crippen LogP contribution >= 0.6 is 11.6 Å². The Morgan fingerprint density at radius 1 is 1.54 bits per heavy atom. The molecule has 70 valence electrons. The maximum atomic E-state index is 5.95. The highest BCUT2D eigenvalue weighted by Crippen LogP contribution is 2.35. The van der Waals surface area contributed by atoms with Gasteiger partial charge in [-0.05, 0) is 24.6 Å². The summed E-state index contributed by atoms with van der Waals surface area (Å²) in [4.78, 5) is 0. The zero-order valence-electron chi connectivity index (χ0n) is 7.51. The van der Waals surface area contributed by atoms with Gasteiger partial charge >= 0.3 is 0 Å². The predicted molar refractivity (Wildman–Crippen MR) is 53.2 cm³/mol. The Morgan fingerprint density at radius 2 is 2.31 bits per heavy atom. The number of hydrogen-bond donors (Lipinski definition) is 1. The van der Waals surface area contributed by atoms with E-state index in [1.807, 2.05) is 19.1 Å². The Hall–Kier alpha value is -0.730. The normalized spacial score (nSPS) is 20.7. The summed E-state index contributed by atoms with van der Waals surface area (Å²) in [5, 5.41) is 0.734. The standard InChI is InChI=1S/C10H12ClNO/c1-6-4-7(11)5-8-9(12)2-3-13-10(6)8/h4-5,9H,2-3,12H2,1H3/t9-/m0/s1. The second-order valence-electron chi connectivity index (χ2n) is 3.38. The van der Waals surface area contributed by atoms with Gasteiger partial charge in [0.1, 0.15) is 5.75 Å². The van der Waals surface area contributed by atoms with Gasteiger partial charge in [0.25, 0.3) is 0 Å². The molecule has 1 aromatic carbocycles. The van der Waals surface area contributed by atoms with Gasteiger partial charge in [0.2, 0.25) is 0 Å². The van der Waals surface area contributed by atoms with Gasteiger partial charge in [-0.15, -0.1) is 0 Å². The highest BCUT2D eigenvalue weighted by Gasteiger charge is 2.19. The smallest absolute Gasteiger partial charge is 0.127 e. The van der Waals surface area contributed by atoms with Gasteiger partial charge in [0.15, 0.2) is 0 Å². The van der Waals surface area contributed by atoms with Crippen molar-refractivity contribution in [3.8, 4) is 5.75 Å². The molecule has 0 saturated carbocycles. The summed E-state index contributed by atoms with van der Waals surface area (Å²) in [7, 11) is 0. The lowest BCUT2D eigenvalue weighted by Crippen LogP contribution is -2.21. The monoisotopic (exact) mass is 197 g/mol. The second kappa shape index (κ2) is 3.20. The molecule has 0 saturated heterocycles. The minimum Gasteiger partial charge on any atom is -0.493 e. The fourth-order valence-electron chi connectivity index (χ4n) is 1.67. The van der Waals surface area contributed by atoms with Crippen molar-refractivity contribution < 1.29 is 4.74 Å². The van der Waals surface area contributed by atoms with Gasteiger partial charge in [0.05, 0.1) is 6.61 Å². The van der Waals surface area contributed by atoms with Crippen LogP contribution in [0, 0.1) is 6.92 Å². The molecule has 0 unspecified atom stereocenters. The van der Waals surface area contributed by atoms with Gasteiger partial charge in [-0.1, -0.05) is 11.6 Å². The summed E-state index contributed by atoms with van der Waals surface area (Å²) in [5.74, 6) is 0.920. The number of hydrogen-bond acceptors (Lipinski definition) is 2. The quantitative estimate of drug-likeness (QED) is 0.694. The van der Waals surface area contributed by atoms with Gasteiger partial charge in [-0.3, -0.25) is 0 Å². The van der Waals surface area contributed by atoms with Gasteiger partial charge in [-0.25, -0.2) is 0 Å². The Bertz CT molecular complexity index is 338. The molecule has 0 aromatic heterocycles. The molecule has 0 fully saturated rings. The molecular formula is C10H12ClNO. The number of halogens is 1. The van der Waals surface area contributed by atoms with Gasteiger partial charge in [0, 0.05) is 23.0 Å². The topological polar surface area (TPSA) is 35.2 Å². The fourth-order valence-corrected chi connectivity index (χ4v) is 1.95. The van der Waals surface area contributed by atoms with E-state index < -0.39 is 0 Å². The summed E-state index contributed by atoms with van der Waals surface area (Å²) in [6.07, 6.45) is 0.868. The highest BCUT2D eigenvalue weighted by molar-refractivity contribution is 6.30. The molecular weight excluding hydrogens is 186 g/mol. The van der Waals surface area contributed by atoms with Crippen LogP contribution in [-0.2, 0) is 0 Å². The predicted octanol–water partition coefficient (Wildman–Crippen LogP) is 2.43. The largest absolute Gasteiger partial charge is 0.493 e. The first-order valence-corrected chi connectivity index (χ1v) is 4.74. The molecule has 1 aromatic rings. The maximum Gasteiger partial charge on any atom is 0.127 e. The minimum atomic E-state index is 0.0705. The van der Waals surface area contributed by atoms with Crippen molar-refractivity contribution in [1.82, 2.24) is 0 Å². The van der Waals surface area contributed by atoms with Crippen LogP contribution in [0.5, 0.6) is 5.75 Å². The van der Waals surface area contributed by atoms with Crippen molar-refractivity contribution in [1.29, 1.82) is 0 Å². The molecule has 2 rings (SSSR count). The summed E-state index contributed by atoms with van der Waals surface area (Å²) in [5.41, 5.74) is 8.05. The number of benzene rings is 1. The number of rotatable bonds is 0. The summed E-state index contributed by atoms with van der Waals surface area (Å²) >= 11 is 5.94. The van der Waals surface area contributed by atoms with Crippen molar-refractivity contribution >= 4 is 11.6 Å². The van der Waals surface area contributed by atoms with E-state index >= 15 is 0 Å². The third-order valence-corrected chi connectivity index (χ3v) is 2.56. The molecule has 0 aliphatic carbocycles. The maximum absolute atomic E-state index is 5.95. The molecule has 1 aliphatic rings. The summed E-state index contributed by atoms with van der Waals surface area (Å²) in [6.45, 7) is 2.69. The third-order valence-electron chi connectivity index (χ3n) is 2.34. The van der Waals surface area contributed by atoms with E-state index in [1.54, 1.807) is 0 Å². The number of nitrogens with two attached hydrogens (primary N) is 1. The van der Waals surface area contributed by atoms with Crippen molar-refractivity contribution in [3.63, 3.8) is 0 Å². The Kier molecular flexibility index (Phi) is 2.18. The average molecular weight is 198 g/mol. The highest BCUT2D eigenvalue weighted by atomic mass is 35.5. The Balaban J connectivity index is 2.56. The molecule has 2 nitrogen and oxygen atoms in total. The molecule has 1 atom stereocenters. The average Bonchev–Trinajstić information content (AvgIpc) is 2.07. The van der Waals surface area contributed by atoms with Crippen LogP contribution in [0.15, 0.2) is 12.1 Å². The molecule has 0 spiro atoms. The molecule has 0 amide bonds. The first-order chi connectivity index (χ1) is 6.18. The zero-order valence-corrected chi connectivity index (χ0v) is 8.27. The molecule has 1 heterocycles. The first kappa shape index (κ1) is 8.85. The van der Waals surface area contributed by atoms with E-state index in [1.165, 1.54) is 0 Å². The van der Waals surface area contributed by atoms with E-state index in [9.17, 15) is 0 Å². The van der Waals surface area contributed by atoms with E-state index in [0.29, 0.717) is 6.61 Å². The lowest BCUT2D eigenvalue weighted by Gasteiger charge is -2.24. The Labute approximate surface area is 82.6 Å². The summed E-state index contributed by atoms with van der Waals surface area (Å²) < 4.78 is 5.54. The van der Waals surface area contributed by atoms with Crippen LogP contribution in [0.2, 0.25) is 5.02 Å². The van der Waals surface area contributed by atoms with E-state index in [0.717, 1.165) is 28.3 Å². The van der Waals surface area contributed by atoms with Crippen LogP contribution < -0.4 is 10.5 Å². The number of aryl methyl sites for hydroxylation is 1. The second-order valence-corrected chi connectivity index (χ2v) is 3.82. The molecule has 13 heavy (non-hydrogen) atoms. The molecule has 1 aliphatic heterocycles. The number of fused-ring (bicyclic) bond motifs is 1. The zero-order chi connectivity index (χ0) is 9.42. The van der Waals surface area contributed by atoms with E-state index in [4.69, 9.17) is 22.1 Å². The van der Waals surface area contributed by atoms with Crippen LogP contribution in [0.4, 0.5) is 0 Å². The van der Waals surface area contributed by atoms with Crippen LogP contribution in [0.1, 0.15) is 23.6 Å². The molecule has 3 heteroatoms. The van der Waals surface area contributed by atoms with Crippen molar-refractivity contribution in [2.75, 3.05) is 6.61 Å². The lowest BCUT2D eigenvalue weighted by atomic mass is 9.99. The van der Waals surface area contributed by atoms with Crippen molar-refractivity contribution in [2.24, 2.45) is 5.73 Å². The van der Waals surface area contributed by atoms with Crippen LogP contribution in [-0.4, -0.2) is 6.61 Å². The van der Waals surface area contributed by atoms with Crippen LogP contribution in [0.3, 0.4) is 0 Å². The minimum absolute atomic E-state index is 0.0705. The van der Waals surface area contributed by atoms with Gasteiger partial charge in [-0.2, -0.15) is 0 Å². The fraction of sp³-hybridized carbons (Fsp3) is 0.400. The van der Waals surface area contributed by atoms with E-state index in [-0.39, 0.29) is 6.04 Å². The third kappa shape index (κ3) is 1.52. The Morgan fingerprint density at radius 3 is 3.08 bits per heavy atom. The summed E-state index contributed by atoms with van der Waals surface area (Å²) in [6, 6.07) is 3.87. The first-order valence-electron chi connectivity index (χ1n) is 4.37.